The maximum atomic E-state index is 10.3. The Bertz CT molecular complexity index is 277. The van der Waals surface area contributed by atoms with Crippen molar-refractivity contribution in [2.24, 2.45) is 23.7 Å². The summed E-state index contributed by atoms with van der Waals surface area (Å²) in [5.41, 5.74) is -0.641. The van der Waals surface area contributed by atoms with E-state index in [1.165, 1.54) is 0 Å². The minimum Gasteiger partial charge on any atom is -0.392 e. The first-order valence-electron chi connectivity index (χ1n) is 4.89. The second-order valence-corrected chi connectivity index (χ2v) is 4.69. The normalized spacial score (nSPS) is 61.9. The molecular formula is C11H14O2. The molecule has 2 nitrogen and oxygen atoms in total. The van der Waals surface area contributed by atoms with Gasteiger partial charge in [0.25, 0.3) is 0 Å². The van der Waals surface area contributed by atoms with Gasteiger partial charge in [0.15, 0.2) is 0 Å². The lowest BCUT2D eigenvalue weighted by Gasteiger charge is -2.44. The molecular weight excluding hydrogens is 164 g/mol. The predicted molar refractivity (Wildman–Crippen MR) is 48.9 cm³/mol. The van der Waals surface area contributed by atoms with Crippen LogP contribution in [0.15, 0.2) is 24.3 Å². The van der Waals surface area contributed by atoms with Crippen molar-refractivity contribution in [1.29, 1.82) is 0 Å². The average Bonchev–Trinajstić information content (AvgIpc) is 2.36. The van der Waals surface area contributed by atoms with Crippen LogP contribution in [-0.4, -0.2) is 21.9 Å². The minimum atomic E-state index is -0.641. The second-order valence-electron chi connectivity index (χ2n) is 4.69. The van der Waals surface area contributed by atoms with Crippen LogP contribution in [0.2, 0.25) is 0 Å². The lowest BCUT2D eigenvalue weighted by atomic mass is 9.66. The van der Waals surface area contributed by atoms with E-state index in [1.807, 2.05) is 6.92 Å². The predicted octanol–water partition coefficient (Wildman–Crippen LogP) is 0.716. The van der Waals surface area contributed by atoms with Crippen LogP contribution in [-0.2, 0) is 0 Å². The van der Waals surface area contributed by atoms with Crippen LogP contribution in [0.5, 0.6) is 0 Å². The molecule has 6 atom stereocenters. The Morgan fingerprint density at radius 2 is 1.46 bits per heavy atom. The van der Waals surface area contributed by atoms with Crippen LogP contribution in [0.25, 0.3) is 0 Å². The summed E-state index contributed by atoms with van der Waals surface area (Å²) >= 11 is 0. The molecule has 0 aromatic rings. The van der Waals surface area contributed by atoms with Crippen LogP contribution in [0.1, 0.15) is 6.92 Å². The zero-order chi connectivity index (χ0) is 9.22. The van der Waals surface area contributed by atoms with Gasteiger partial charge in [-0.1, -0.05) is 24.3 Å². The summed E-state index contributed by atoms with van der Waals surface area (Å²) in [7, 11) is 0. The van der Waals surface area contributed by atoms with E-state index in [0.29, 0.717) is 0 Å². The summed E-state index contributed by atoms with van der Waals surface area (Å²) in [6.45, 7) is 1.89. The van der Waals surface area contributed by atoms with E-state index < -0.39 is 5.60 Å². The highest BCUT2D eigenvalue weighted by Gasteiger charge is 2.57. The summed E-state index contributed by atoms with van der Waals surface area (Å²) in [5, 5.41) is 20.2. The van der Waals surface area contributed by atoms with Crippen molar-refractivity contribution in [1.82, 2.24) is 0 Å². The molecule has 3 aliphatic carbocycles. The third kappa shape index (κ3) is 0.720. The van der Waals surface area contributed by atoms with Crippen molar-refractivity contribution in [3.8, 4) is 0 Å². The molecule has 2 heteroatoms. The van der Waals surface area contributed by atoms with Gasteiger partial charge in [0.05, 0.1) is 11.7 Å². The third-order valence-corrected chi connectivity index (χ3v) is 4.05. The molecule has 0 amide bonds. The van der Waals surface area contributed by atoms with Crippen molar-refractivity contribution < 1.29 is 10.2 Å². The number of fused-ring (bicyclic) bond motifs is 6. The van der Waals surface area contributed by atoms with E-state index in [9.17, 15) is 10.2 Å². The zero-order valence-electron chi connectivity index (χ0n) is 7.59. The van der Waals surface area contributed by atoms with E-state index in [-0.39, 0.29) is 29.8 Å². The monoisotopic (exact) mass is 178 g/mol. The summed E-state index contributed by atoms with van der Waals surface area (Å²) in [6, 6.07) is 0. The van der Waals surface area contributed by atoms with Crippen LogP contribution >= 0.6 is 0 Å². The number of hydrogen-bond donors (Lipinski definition) is 2. The van der Waals surface area contributed by atoms with Crippen molar-refractivity contribution >= 4 is 0 Å². The van der Waals surface area contributed by atoms with Crippen molar-refractivity contribution in [3.63, 3.8) is 0 Å². The van der Waals surface area contributed by atoms with Gasteiger partial charge in [-0.3, -0.25) is 0 Å². The molecule has 13 heavy (non-hydrogen) atoms. The Morgan fingerprint density at radius 1 is 1.00 bits per heavy atom. The molecule has 70 valence electrons. The number of aliphatic hydroxyl groups excluding tert-OH is 1. The Kier molecular flexibility index (Phi) is 1.24. The molecule has 3 aliphatic rings. The van der Waals surface area contributed by atoms with Gasteiger partial charge >= 0.3 is 0 Å². The smallest absolute Gasteiger partial charge is 0.0757 e. The SMILES string of the molecule is CC1(O)[C@@H]2C=C[C@H]1[C@@H]1C=C[C@H]2C1O. The number of rotatable bonds is 0. The minimum absolute atomic E-state index is 0.113. The van der Waals surface area contributed by atoms with Gasteiger partial charge in [-0.15, -0.1) is 0 Å². The van der Waals surface area contributed by atoms with E-state index in [2.05, 4.69) is 24.3 Å². The molecule has 4 bridgehead atoms. The molecule has 0 radical (unpaired) electrons. The van der Waals surface area contributed by atoms with E-state index in [1.54, 1.807) is 0 Å². The Morgan fingerprint density at radius 3 is 1.92 bits per heavy atom. The van der Waals surface area contributed by atoms with Crippen LogP contribution < -0.4 is 0 Å². The summed E-state index contributed by atoms with van der Waals surface area (Å²) in [4.78, 5) is 0. The van der Waals surface area contributed by atoms with E-state index in [0.717, 1.165) is 0 Å². The quantitative estimate of drug-likeness (QED) is 0.536. The van der Waals surface area contributed by atoms with Crippen molar-refractivity contribution in [2.75, 3.05) is 0 Å². The van der Waals surface area contributed by atoms with E-state index in [4.69, 9.17) is 0 Å². The second kappa shape index (κ2) is 2.07. The first-order valence-corrected chi connectivity index (χ1v) is 4.89. The molecule has 1 fully saturated rings. The van der Waals surface area contributed by atoms with Crippen molar-refractivity contribution in [2.45, 2.75) is 18.6 Å². The van der Waals surface area contributed by atoms with Gasteiger partial charge in [0.1, 0.15) is 0 Å². The standard InChI is InChI=1S/C11H14O2/c1-11(13)8-4-5-9(11)7-3-2-6(8)10(7)12/h2-10,12-13H,1H3/t6-,7+,8-,9+,10?,11?. The van der Waals surface area contributed by atoms with Gasteiger partial charge in [0, 0.05) is 23.7 Å². The Hall–Kier alpha value is -0.600. The van der Waals surface area contributed by atoms with Gasteiger partial charge in [-0.25, -0.2) is 0 Å². The van der Waals surface area contributed by atoms with Crippen LogP contribution in [0.4, 0.5) is 0 Å². The van der Waals surface area contributed by atoms with Gasteiger partial charge in [-0.05, 0) is 6.92 Å². The molecule has 3 rings (SSSR count). The largest absolute Gasteiger partial charge is 0.392 e. The fourth-order valence-corrected chi connectivity index (χ4v) is 3.29. The summed E-state index contributed by atoms with van der Waals surface area (Å²) < 4.78 is 0. The molecule has 0 aromatic heterocycles. The highest BCUT2D eigenvalue weighted by Crippen LogP contribution is 2.54. The highest BCUT2D eigenvalue weighted by atomic mass is 16.3. The fourth-order valence-electron chi connectivity index (χ4n) is 3.29. The lowest BCUT2D eigenvalue weighted by molar-refractivity contribution is -0.104. The summed E-state index contributed by atoms with van der Waals surface area (Å²) in [6.07, 6.45) is 8.00. The average molecular weight is 178 g/mol. The van der Waals surface area contributed by atoms with E-state index >= 15 is 0 Å². The van der Waals surface area contributed by atoms with Crippen LogP contribution in [0.3, 0.4) is 0 Å². The molecule has 0 aromatic carbocycles. The number of hydrogen-bond acceptors (Lipinski definition) is 2. The molecule has 0 aliphatic heterocycles. The van der Waals surface area contributed by atoms with Crippen LogP contribution in [0, 0.1) is 23.7 Å². The lowest BCUT2D eigenvalue weighted by Crippen LogP contribution is -2.51. The topological polar surface area (TPSA) is 40.5 Å². The van der Waals surface area contributed by atoms with Gasteiger partial charge in [-0.2, -0.15) is 0 Å². The maximum Gasteiger partial charge on any atom is 0.0757 e. The molecule has 1 saturated carbocycles. The molecule has 2 unspecified atom stereocenters. The molecule has 0 spiro atoms. The fraction of sp³-hybridized carbons (Fsp3) is 0.636. The first-order chi connectivity index (χ1) is 6.12. The molecule has 0 heterocycles. The maximum absolute atomic E-state index is 10.3. The molecule has 2 N–H and O–H groups in total. The summed E-state index contributed by atoms with van der Waals surface area (Å²) in [5.74, 6) is 0.495. The van der Waals surface area contributed by atoms with Gasteiger partial charge < -0.3 is 10.2 Å². The zero-order valence-corrected chi connectivity index (χ0v) is 7.59. The highest BCUT2D eigenvalue weighted by molar-refractivity contribution is 5.30. The third-order valence-electron chi connectivity index (χ3n) is 4.05. The Labute approximate surface area is 77.6 Å². The first kappa shape index (κ1) is 7.77. The van der Waals surface area contributed by atoms with Gasteiger partial charge in [0.2, 0.25) is 0 Å². The Balaban J connectivity index is 2.11. The molecule has 0 saturated heterocycles. The van der Waals surface area contributed by atoms with Crippen molar-refractivity contribution in [3.05, 3.63) is 24.3 Å². The number of aliphatic hydroxyl groups is 2.